The zero-order valence-corrected chi connectivity index (χ0v) is 11.7. The molecule has 0 saturated carbocycles. The highest BCUT2D eigenvalue weighted by Gasteiger charge is 2.10. The van der Waals surface area contributed by atoms with Gasteiger partial charge >= 0.3 is 0 Å². The summed E-state index contributed by atoms with van der Waals surface area (Å²) in [6.45, 7) is 6.77. The van der Waals surface area contributed by atoms with Gasteiger partial charge in [0.05, 0.1) is 18.5 Å². The van der Waals surface area contributed by atoms with E-state index in [2.05, 4.69) is 9.97 Å². The van der Waals surface area contributed by atoms with Crippen molar-refractivity contribution >= 4 is 22.6 Å². The molecule has 0 unspecified atom stereocenters. The summed E-state index contributed by atoms with van der Waals surface area (Å²) in [4.78, 5) is 17.6. The van der Waals surface area contributed by atoms with Gasteiger partial charge in [0.15, 0.2) is 0 Å². The molecule has 90 valence electrons. The highest BCUT2D eigenvalue weighted by Crippen LogP contribution is 2.12. The molecule has 1 N–H and O–H groups in total. The monoisotopic (exact) mass is 338 g/mol. The van der Waals surface area contributed by atoms with Gasteiger partial charge in [0.2, 0.25) is 5.88 Å². The van der Waals surface area contributed by atoms with Crippen molar-refractivity contribution in [2.24, 2.45) is 0 Å². The zero-order valence-electron chi connectivity index (χ0n) is 9.54. The summed E-state index contributed by atoms with van der Waals surface area (Å²) in [6.07, 6.45) is 1.32. The summed E-state index contributed by atoms with van der Waals surface area (Å²) in [5.74, 6) is 0.349. The van der Waals surface area contributed by atoms with Crippen LogP contribution in [0.15, 0.2) is 11.1 Å². The zero-order chi connectivity index (χ0) is 12.2. The second-order valence-electron chi connectivity index (χ2n) is 4.16. The normalized spacial score (nSPS) is 11.5. The quantitative estimate of drug-likeness (QED) is 0.669. The van der Waals surface area contributed by atoms with Crippen LogP contribution in [-0.4, -0.2) is 28.8 Å². The smallest absolute Gasteiger partial charge is 0.268 e. The van der Waals surface area contributed by atoms with Crippen LogP contribution in [0.4, 0.5) is 0 Å². The molecule has 6 heteroatoms. The molecule has 0 fully saturated rings. The first-order valence-corrected chi connectivity index (χ1v) is 5.98. The van der Waals surface area contributed by atoms with E-state index < -0.39 is 0 Å². The number of hydrogen-bond donors (Lipinski definition) is 1. The Labute approximate surface area is 108 Å². The molecule has 0 bridgehead atoms. The SMILES string of the molecule is CC(C)(C)OCCOc1nc[nH]c(=O)c1I. The third kappa shape index (κ3) is 4.48. The topological polar surface area (TPSA) is 64.2 Å². The molecule has 0 aromatic carbocycles. The Morgan fingerprint density at radius 1 is 1.44 bits per heavy atom. The maximum absolute atomic E-state index is 11.2. The van der Waals surface area contributed by atoms with Crippen LogP contribution >= 0.6 is 22.6 Å². The average Bonchev–Trinajstić information content (AvgIpc) is 2.17. The second kappa shape index (κ2) is 5.62. The van der Waals surface area contributed by atoms with E-state index in [1.165, 1.54) is 6.33 Å². The van der Waals surface area contributed by atoms with Crippen molar-refractivity contribution in [1.82, 2.24) is 9.97 Å². The molecule has 0 aliphatic rings. The van der Waals surface area contributed by atoms with Crippen molar-refractivity contribution in [1.29, 1.82) is 0 Å². The van der Waals surface area contributed by atoms with Crippen LogP contribution < -0.4 is 10.3 Å². The summed E-state index contributed by atoms with van der Waals surface area (Å²) in [5, 5.41) is 0. The summed E-state index contributed by atoms with van der Waals surface area (Å²) >= 11 is 1.90. The molecular formula is C10H15IN2O3. The van der Waals surface area contributed by atoms with Gasteiger partial charge in [-0.1, -0.05) is 0 Å². The molecule has 16 heavy (non-hydrogen) atoms. The van der Waals surface area contributed by atoms with Crippen molar-refractivity contribution in [3.8, 4) is 5.88 Å². The van der Waals surface area contributed by atoms with Crippen LogP contribution in [0.3, 0.4) is 0 Å². The molecule has 1 aromatic rings. The molecule has 1 heterocycles. The highest BCUT2D eigenvalue weighted by molar-refractivity contribution is 14.1. The van der Waals surface area contributed by atoms with E-state index in [9.17, 15) is 4.79 Å². The fourth-order valence-corrected chi connectivity index (χ4v) is 1.40. The van der Waals surface area contributed by atoms with E-state index in [0.717, 1.165) is 0 Å². The predicted molar refractivity (Wildman–Crippen MR) is 68.8 cm³/mol. The molecule has 0 saturated heterocycles. The van der Waals surface area contributed by atoms with Crippen LogP contribution in [0.2, 0.25) is 0 Å². The highest BCUT2D eigenvalue weighted by atomic mass is 127. The number of nitrogens with zero attached hydrogens (tertiary/aromatic N) is 1. The Kier molecular flexibility index (Phi) is 4.72. The fraction of sp³-hybridized carbons (Fsp3) is 0.600. The fourth-order valence-electron chi connectivity index (χ4n) is 0.954. The summed E-state index contributed by atoms with van der Waals surface area (Å²) in [5.41, 5.74) is -0.375. The van der Waals surface area contributed by atoms with Gasteiger partial charge in [-0.25, -0.2) is 4.98 Å². The molecule has 0 radical (unpaired) electrons. The van der Waals surface area contributed by atoms with Crippen LogP contribution in [0.25, 0.3) is 0 Å². The van der Waals surface area contributed by atoms with Crippen molar-refractivity contribution in [3.63, 3.8) is 0 Å². The Balaban J connectivity index is 2.44. The molecule has 0 aliphatic carbocycles. The number of hydrogen-bond acceptors (Lipinski definition) is 4. The van der Waals surface area contributed by atoms with Crippen molar-refractivity contribution in [2.75, 3.05) is 13.2 Å². The molecule has 0 amide bonds. The Morgan fingerprint density at radius 3 is 2.75 bits per heavy atom. The summed E-state index contributed by atoms with van der Waals surface area (Å²) < 4.78 is 11.3. The average molecular weight is 338 g/mol. The van der Waals surface area contributed by atoms with Crippen LogP contribution in [0, 0.1) is 3.57 Å². The minimum Gasteiger partial charge on any atom is -0.474 e. The molecular weight excluding hydrogens is 323 g/mol. The van der Waals surface area contributed by atoms with Gasteiger partial charge in [0, 0.05) is 0 Å². The lowest BCUT2D eigenvalue weighted by molar-refractivity contribution is -0.0169. The first-order chi connectivity index (χ1) is 7.40. The number of aromatic nitrogens is 2. The van der Waals surface area contributed by atoms with E-state index in [-0.39, 0.29) is 11.2 Å². The van der Waals surface area contributed by atoms with Crippen molar-refractivity contribution in [3.05, 3.63) is 20.3 Å². The number of ether oxygens (including phenoxy) is 2. The van der Waals surface area contributed by atoms with Gasteiger partial charge in [0.25, 0.3) is 5.56 Å². The second-order valence-corrected chi connectivity index (χ2v) is 5.24. The largest absolute Gasteiger partial charge is 0.474 e. The van der Waals surface area contributed by atoms with Gasteiger partial charge < -0.3 is 14.5 Å². The van der Waals surface area contributed by atoms with Crippen LogP contribution in [0.5, 0.6) is 5.88 Å². The Morgan fingerprint density at radius 2 is 2.12 bits per heavy atom. The van der Waals surface area contributed by atoms with E-state index in [1.54, 1.807) is 0 Å². The first-order valence-electron chi connectivity index (χ1n) is 4.90. The lowest BCUT2D eigenvalue weighted by Gasteiger charge is -2.19. The van der Waals surface area contributed by atoms with Crippen molar-refractivity contribution in [2.45, 2.75) is 26.4 Å². The first kappa shape index (κ1) is 13.4. The molecule has 0 atom stereocenters. The molecule has 0 spiro atoms. The minimum absolute atomic E-state index is 0.182. The van der Waals surface area contributed by atoms with Crippen LogP contribution in [0.1, 0.15) is 20.8 Å². The lowest BCUT2D eigenvalue weighted by Crippen LogP contribution is -2.23. The third-order valence-corrected chi connectivity index (χ3v) is 2.57. The van der Waals surface area contributed by atoms with E-state index in [1.807, 2.05) is 43.4 Å². The maximum atomic E-state index is 11.2. The standard InChI is InChI=1S/C10H15IN2O3/c1-10(2,3)16-5-4-15-9-7(11)8(14)12-6-13-9/h6H,4-5H2,1-3H3,(H,12,13,14). The number of H-pyrrole nitrogens is 1. The van der Waals surface area contributed by atoms with E-state index in [4.69, 9.17) is 9.47 Å². The minimum atomic E-state index is -0.192. The number of aromatic amines is 1. The van der Waals surface area contributed by atoms with Gasteiger partial charge in [0.1, 0.15) is 10.2 Å². The van der Waals surface area contributed by atoms with Crippen LogP contribution in [-0.2, 0) is 4.74 Å². The molecule has 5 nitrogen and oxygen atoms in total. The lowest BCUT2D eigenvalue weighted by atomic mass is 10.2. The number of halogens is 1. The molecule has 0 aliphatic heterocycles. The van der Waals surface area contributed by atoms with Crippen molar-refractivity contribution < 1.29 is 9.47 Å². The van der Waals surface area contributed by atoms with Gasteiger partial charge in [-0.2, -0.15) is 0 Å². The molecule has 1 rings (SSSR count). The Bertz CT molecular complexity index is 398. The van der Waals surface area contributed by atoms with Gasteiger partial charge in [-0.05, 0) is 43.4 Å². The Hall–Kier alpha value is -0.630. The third-order valence-electron chi connectivity index (χ3n) is 1.62. The summed E-state index contributed by atoms with van der Waals surface area (Å²) in [7, 11) is 0. The number of rotatable bonds is 4. The number of nitrogens with one attached hydrogen (secondary N) is 1. The predicted octanol–water partition coefficient (Wildman–Crippen LogP) is 1.57. The van der Waals surface area contributed by atoms with E-state index in [0.29, 0.717) is 22.7 Å². The summed E-state index contributed by atoms with van der Waals surface area (Å²) in [6, 6.07) is 0. The van der Waals surface area contributed by atoms with Gasteiger partial charge in [-0.15, -0.1) is 0 Å². The van der Waals surface area contributed by atoms with E-state index >= 15 is 0 Å². The molecule has 1 aromatic heterocycles. The maximum Gasteiger partial charge on any atom is 0.268 e. The van der Waals surface area contributed by atoms with Gasteiger partial charge in [-0.3, -0.25) is 4.79 Å².